The molecule has 0 aromatic rings. The van der Waals surface area contributed by atoms with Gasteiger partial charge >= 0.3 is 0 Å². The van der Waals surface area contributed by atoms with Crippen molar-refractivity contribution >= 4 is 0 Å². The zero-order valence-corrected chi connectivity index (χ0v) is 12.4. The first kappa shape index (κ1) is 14.3. The molecular formula is C16H31NO. The fraction of sp³-hybridized carbons (Fsp3) is 1.00. The second-order valence-corrected chi connectivity index (χ2v) is 6.77. The fourth-order valence-corrected chi connectivity index (χ4v) is 3.89. The molecule has 2 fully saturated rings. The topological polar surface area (TPSA) is 23.5 Å². The Bertz CT molecular complexity index is 255. The van der Waals surface area contributed by atoms with Crippen molar-refractivity contribution in [3.05, 3.63) is 0 Å². The van der Waals surface area contributed by atoms with Crippen LogP contribution in [0.3, 0.4) is 0 Å². The highest BCUT2D eigenvalue weighted by Gasteiger charge is 2.32. The van der Waals surface area contributed by atoms with Gasteiger partial charge in [0.15, 0.2) is 0 Å². The first-order valence-corrected chi connectivity index (χ1v) is 8.04. The Kier molecular flexibility index (Phi) is 5.08. The van der Waals surface area contributed by atoms with E-state index in [4.69, 9.17) is 0 Å². The van der Waals surface area contributed by atoms with Crippen LogP contribution in [0.1, 0.15) is 59.3 Å². The summed E-state index contributed by atoms with van der Waals surface area (Å²) in [7, 11) is 0. The summed E-state index contributed by atoms with van der Waals surface area (Å²) in [5.41, 5.74) is 0. The molecule has 1 N–H and O–H groups in total. The third-order valence-corrected chi connectivity index (χ3v) is 5.60. The lowest BCUT2D eigenvalue weighted by atomic mass is 9.77. The molecule has 1 aliphatic heterocycles. The molecule has 0 amide bonds. The molecule has 0 spiro atoms. The Balaban J connectivity index is 1.90. The van der Waals surface area contributed by atoms with Gasteiger partial charge in [-0.05, 0) is 63.3 Å². The van der Waals surface area contributed by atoms with E-state index in [1.165, 1.54) is 38.6 Å². The van der Waals surface area contributed by atoms with Crippen LogP contribution in [0.5, 0.6) is 0 Å². The standard InChI is InChI=1S/C16H31NO/c1-4-14-7-8-16(18)15(10-14)11-17-9-5-6-12(2)13(17)3/h12-16,18H,4-11H2,1-3H3. The molecule has 2 nitrogen and oxygen atoms in total. The third-order valence-electron chi connectivity index (χ3n) is 5.60. The maximum Gasteiger partial charge on any atom is 0.0580 e. The van der Waals surface area contributed by atoms with Crippen molar-refractivity contribution < 1.29 is 5.11 Å². The molecule has 106 valence electrons. The average molecular weight is 253 g/mol. The van der Waals surface area contributed by atoms with Gasteiger partial charge in [0, 0.05) is 12.6 Å². The minimum Gasteiger partial charge on any atom is -0.393 e. The van der Waals surface area contributed by atoms with E-state index in [0.717, 1.165) is 24.8 Å². The zero-order chi connectivity index (χ0) is 13.1. The predicted octanol–water partition coefficient (Wildman–Crippen LogP) is 3.29. The Morgan fingerprint density at radius 1 is 1.17 bits per heavy atom. The van der Waals surface area contributed by atoms with Crippen LogP contribution in [0.25, 0.3) is 0 Å². The van der Waals surface area contributed by atoms with Crippen LogP contribution in [0.15, 0.2) is 0 Å². The summed E-state index contributed by atoms with van der Waals surface area (Å²) in [6.45, 7) is 9.42. The SMILES string of the molecule is CCC1CCC(O)C(CN2CCCC(C)C2C)C1. The van der Waals surface area contributed by atoms with Crippen molar-refractivity contribution in [2.75, 3.05) is 13.1 Å². The highest BCUT2D eigenvalue weighted by Crippen LogP contribution is 2.33. The minimum absolute atomic E-state index is 0.0442. The molecule has 1 saturated carbocycles. The molecule has 1 heterocycles. The molecule has 1 aliphatic carbocycles. The summed E-state index contributed by atoms with van der Waals surface area (Å²) < 4.78 is 0. The van der Waals surface area contributed by atoms with Crippen molar-refractivity contribution in [3.63, 3.8) is 0 Å². The Morgan fingerprint density at radius 2 is 1.94 bits per heavy atom. The lowest BCUT2D eigenvalue weighted by Crippen LogP contribution is -2.47. The van der Waals surface area contributed by atoms with Crippen LogP contribution in [0.4, 0.5) is 0 Å². The summed E-state index contributed by atoms with van der Waals surface area (Å²) >= 11 is 0. The van der Waals surface area contributed by atoms with Crippen LogP contribution in [-0.2, 0) is 0 Å². The van der Waals surface area contributed by atoms with Gasteiger partial charge in [0.2, 0.25) is 0 Å². The van der Waals surface area contributed by atoms with Crippen molar-refractivity contribution in [2.45, 2.75) is 71.4 Å². The summed E-state index contributed by atoms with van der Waals surface area (Å²) in [5.74, 6) is 2.20. The minimum atomic E-state index is -0.0442. The molecule has 0 bridgehead atoms. The van der Waals surface area contributed by atoms with Gasteiger partial charge in [-0.2, -0.15) is 0 Å². The first-order valence-electron chi connectivity index (χ1n) is 8.04. The van der Waals surface area contributed by atoms with E-state index >= 15 is 0 Å². The van der Waals surface area contributed by atoms with Crippen molar-refractivity contribution in [1.82, 2.24) is 4.90 Å². The van der Waals surface area contributed by atoms with Crippen molar-refractivity contribution in [3.8, 4) is 0 Å². The molecule has 2 heteroatoms. The molecule has 5 atom stereocenters. The van der Waals surface area contributed by atoms with Gasteiger partial charge < -0.3 is 10.0 Å². The first-order chi connectivity index (χ1) is 8.61. The molecule has 0 aromatic carbocycles. The predicted molar refractivity (Wildman–Crippen MR) is 76.6 cm³/mol. The van der Waals surface area contributed by atoms with E-state index in [-0.39, 0.29) is 6.10 Å². The van der Waals surface area contributed by atoms with Crippen LogP contribution in [-0.4, -0.2) is 35.2 Å². The normalized spacial score (nSPS) is 43.0. The monoisotopic (exact) mass is 253 g/mol. The number of likely N-dealkylation sites (tertiary alicyclic amines) is 1. The van der Waals surface area contributed by atoms with Gasteiger partial charge in [0.25, 0.3) is 0 Å². The second-order valence-electron chi connectivity index (χ2n) is 6.77. The van der Waals surface area contributed by atoms with Gasteiger partial charge in [0.05, 0.1) is 6.10 Å². The summed E-state index contributed by atoms with van der Waals surface area (Å²) in [4.78, 5) is 2.64. The number of hydrogen-bond acceptors (Lipinski definition) is 2. The van der Waals surface area contributed by atoms with Gasteiger partial charge in [-0.1, -0.05) is 20.3 Å². The number of aliphatic hydroxyl groups is 1. The lowest BCUT2D eigenvalue weighted by molar-refractivity contribution is 0.00537. The van der Waals surface area contributed by atoms with E-state index in [1.807, 2.05) is 0 Å². The molecule has 5 unspecified atom stereocenters. The number of hydrogen-bond donors (Lipinski definition) is 1. The van der Waals surface area contributed by atoms with Crippen molar-refractivity contribution in [2.24, 2.45) is 17.8 Å². The summed E-state index contributed by atoms with van der Waals surface area (Å²) in [5, 5.41) is 10.2. The maximum atomic E-state index is 10.2. The lowest BCUT2D eigenvalue weighted by Gasteiger charge is -2.42. The second kappa shape index (κ2) is 6.38. The van der Waals surface area contributed by atoms with E-state index in [9.17, 15) is 5.11 Å². The van der Waals surface area contributed by atoms with Crippen LogP contribution >= 0.6 is 0 Å². The quantitative estimate of drug-likeness (QED) is 0.834. The largest absolute Gasteiger partial charge is 0.393 e. The summed E-state index contributed by atoms with van der Waals surface area (Å²) in [6, 6.07) is 0.702. The summed E-state index contributed by atoms with van der Waals surface area (Å²) in [6.07, 6.45) is 7.47. The number of nitrogens with zero attached hydrogens (tertiary/aromatic N) is 1. The van der Waals surface area contributed by atoms with Gasteiger partial charge in [0.1, 0.15) is 0 Å². The zero-order valence-electron chi connectivity index (χ0n) is 12.4. The van der Waals surface area contributed by atoms with E-state index in [1.54, 1.807) is 0 Å². The van der Waals surface area contributed by atoms with Crippen LogP contribution < -0.4 is 0 Å². The van der Waals surface area contributed by atoms with E-state index in [2.05, 4.69) is 25.7 Å². The molecule has 2 rings (SSSR count). The molecule has 1 saturated heterocycles. The van der Waals surface area contributed by atoms with Gasteiger partial charge in [-0.25, -0.2) is 0 Å². The molecule has 0 aromatic heterocycles. The molecule has 2 aliphatic rings. The van der Waals surface area contributed by atoms with Gasteiger partial charge in [-0.15, -0.1) is 0 Å². The highest BCUT2D eigenvalue weighted by molar-refractivity contribution is 4.85. The average Bonchev–Trinajstić information content (AvgIpc) is 2.37. The third kappa shape index (κ3) is 3.27. The smallest absolute Gasteiger partial charge is 0.0580 e. The maximum absolute atomic E-state index is 10.2. The van der Waals surface area contributed by atoms with E-state index < -0.39 is 0 Å². The van der Waals surface area contributed by atoms with Crippen molar-refractivity contribution in [1.29, 1.82) is 0 Å². The molecule has 18 heavy (non-hydrogen) atoms. The number of aliphatic hydroxyl groups excluding tert-OH is 1. The van der Waals surface area contributed by atoms with Crippen LogP contribution in [0, 0.1) is 17.8 Å². The van der Waals surface area contributed by atoms with E-state index in [0.29, 0.717) is 12.0 Å². The number of rotatable bonds is 3. The Labute approximate surface area is 113 Å². The number of piperidine rings is 1. The highest BCUT2D eigenvalue weighted by atomic mass is 16.3. The van der Waals surface area contributed by atoms with Gasteiger partial charge in [-0.3, -0.25) is 0 Å². The molecule has 0 radical (unpaired) electrons. The fourth-order valence-electron chi connectivity index (χ4n) is 3.89. The van der Waals surface area contributed by atoms with Crippen LogP contribution in [0.2, 0.25) is 0 Å². The molecular weight excluding hydrogens is 222 g/mol. The Hall–Kier alpha value is -0.0800. The Morgan fingerprint density at radius 3 is 2.67 bits per heavy atom.